The van der Waals surface area contributed by atoms with Crippen molar-refractivity contribution in [1.82, 2.24) is 5.32 Å². The molecule has 0 fully saturated rings. The lowest BCUT2D eigenvalue weighted by Crippen LogP contribution is -2.16. The van der Waals surface area contributed by atoms with Crippen molar-refractivity contribution in [2.24, 2.45) is 0 Å². The summed E-state index contributed by atoms with van der Waals surface area (Å²) in [4.78, 5) is 0. The van der Waals surface area contributed by atoms with Crippen LogP contribution in [0.2, 0.25) is 5.02 Å². The van der Waals surface area contributed by atoms with Crippen molar-refractivity contribution in [1.29, 1.82) is 0 Å². The van der Waals surface area contributed by atoms with Crippen LogP contribution >= 0.6 is 27.5 Å². The Hall–Kier alpha value is -0.0500. The molecule has 0 saturated carbocycles. The molecule has 1 unspecified atom stereocenters. The fraction of sp³-hybridized carbons (Fsp3) is 0.571. The quantitative estimate of drug-likeness (QED) is 0.670. The van der Waals surface area contributed by atoms with Crippen molar-refractivity contribution in [3.05, 3.63) is 33.3 Å². The molecule has 0 heterocycles. The Morgan fingerprint density at radius 1 is 1.29 bits per heavy atom. The summed E-state index contributed by atoms with van der Waals surface area (Å²) in [7, 11) is 2.00. The van der Waals surface area contributed by atoms with Gasteiger partial charge in [-0.3, -0.25) is 0 Å². The van der Waals surface area contributed by atoms with E-state index < -0.39 is 0 Å². The standard InChI is InChI=1S/C14H21BrClN/c1-3-4-5-6-7-14(17-2)12-9-8-11(15)10-13(12)16/h8-10,14,17H,3-7H2,1-2H3. The van der Waals surface area contributed by atoms with E-state index >= 15 is 0 Å². The summed E-state index contributed by atoms with van der Waals surface area (Å²) >= 11 is 9.71. The molecule has 1 aromatic carbocycles. The molecule has 1 aromatic rings. The zero-order valence-electron chi connectivity index (χ0n) is 10.6. The fourth-order valence-electron chi connectivity index (χ4n) is 2.01. The van der Waals surface area contributed by atoms with Gasteiger partial charge in [0.05, 0.1) is 0 Å². The number of unbranched alkanes of at least 4 members (excludes halogenated alkanes) is 3. The zero-order chi connectivity index (χ0) is 12.7. The number of benzene rings is 1. The highest BCUT2D eigenvalue weighted by atomic mass is 79.9. The third kappa shape index (κ3) is 4.99. The Morgan fingerprint density at radius 3 is 2.65 bits per heavy atom. The molecule has 0 bridgehead atoms. The Bertz CT molecular complexity index is 341. The first kappa shape index (κ1) is 15.0. The molecule has 17 heavy (non-hydrogen) atoms. The second-order valence-electron chi connectivity index (χ2n) is 4.36. The van der Waals surface area contributed by atoms with E-state index in [1.165, 1.54) is 31.2 Å². The van der Waals surface area contributed by atoms with Gasteiger partial charge in [0.25, 0.3) is 0 Å². The van der Waals surface area contributed by atoms with E-state index in [9.17, 15) is 0 Å². The molecule has 1 N–H and O–H groups in total. The van der Waals surface area contributed by atoms with Crippen molar-refractivity contribution in [3.8, 4) is 0 Å². The summed E-state index contributed by atoms with van der Waals surface area (Å²) in [5.41, 5.74) is 1.20. The second kappa shape index (κ2) is 8.12. The predicted molar refractivity (Wildman–Crippen MR) is 79.7 cm³/mol. The summed E-state index contributed by atoms with van der Waals surface area (Å²) < 4.78 is 1.03. The van der Waals surface area contributed by atoms with Gasteiger partial charge in [-0.15, -0.1) is 0 Å². The van der Waals surface area contributed by atoms with E-state index in [1.54, 1.807) is 0 Å². The molecule has 3 heteroatoms. The van der Waals surface area contributed by atoms with Gasteiger partial charge in [0.1, 0.15) is 0 Å². The second-order valence-corrected chi connectivity index (χ2v) is 5.68. The van der Waals surface area contributed by atoms with E-state index in [-0.39, 0.29) is 0 Å². The zero-order valence-corrected chi connectivity index (χ0v) is 12.9. The van der Waals surface area contributed by atoms with Crippen molar-refractivity contribution in [2.45, 2.75) is 45.1 Å². The predicted octanol–water partition coefficient (Wildman–Crippen LogP) is 5.33. The highest BCUT2D eigenvalue weighted by Gasteiger charge is 2.12. The Balaban J connectivity index is 2.59. The van der Waals surface area contributed by atoms with Gasteiger partial charge in [-0.1, -0.05) is 66.2 Å². The van der Waals surface area contributed by atoms with Crippen molar-refractivity contribution in [3.63, 3.8) is 0 Å². The van der Waals surface area contributed by atoms with Gasteiger partial charge < -0.3 is 5.32 Å². The van der Waals surface area contributed by atoms with Gasteiger partial charge >= 0.3 is 0 Å². The lowest BCUT2D eigenvalue weighted by atomic mass is 10.00. The molecule has 1 atom stereocenters. The molecule has 0 aliphatic heterocycles. The number of halogens is 2. The SMILES string of the molecule is CCCCCCC(NC)c1ccc(Br)cc1Cl. The van der Waals surface area contributed by atoms with Crippen LogP contribution in [-0.4, -0.2) is 7.05 Å². The van der Waals surface area contributed by atoms with Crippen LogP contribution in [0.3, 0.4) is 0 Å². The Labute approximate surface area is 118 Å². The van der Waals surface area contributed by atoms with Crippen LogP contribution in [0.25, 0.3) is 0 Å². The Morgan fingerprint density at radius 2 is 2.06 bits per heavy atom. The smallest absolute Gasteiger partial charge is 0.0465 e. The summed E-state index contributed by atoms with van der Waals surface area (Å²) in [6.45, 7) is 2.24. The maximum Gasteiger partial charge on any atom is 0.0465 e. The molecular weight excluding hydrogens is 298 g/mol. The molecule has 96 valence electrons. The summed E-state index contributed by atoms with van der Waals surface area (Å²) in [6.07, 6.45) is 6.32. The van der Waals surface area contributed by atoms with Crippen LogP contribution in [0.5, 0.6) is 0 Å². The monoisotopic (exact) mass is 317 g/mol. The average Bonchev–Trinajstić information content (AvgIpc) is 2.31. The van der Waals surface area contributed by atoms with Crippen LogP contribution in [-0.2, 0) is 0 Å². The minimum atomic E-state index is 0.368. The number of rotatable bonds is 7. The minimum Gasteiger partial charge on any atom is -0.313 e. The summed E-state index contributed by atoms with van der Waals surface area (Å²) in [6, 6.07) is 6.49. The molecule has 1 nitrogen and oxygen atoms in total. The van der Waals surface area contributed by atoms with E-state index in [0.717, 1.165) is 15.9 Å². The van der Waals surface area contributed by atoms with E-state index in [1.807, 2.05) is 13.1 Å². The maximum atomic E-state index is 6.27. The fourth-order valence-corrected chi connectivity index (χ4v) is 2.82. The van der Waals surface area contributed by atoms with Gasteiger partial charge in [-0.05, 0) is 31.2 Å². The lowest BCUT2D eigenvalue weighted by Gasteiger charge is -2.18. The van der Waals surface area contributed by atoms with Gasteiger partial charge in [-0.25, -0.2) is 0 Å². The molecule has 0 saturated heterocycles. The number of nitrogens with one attached hydrogen (secondary N) is 1. The van der Waals surface area contributed by atoms with E-state index in [2.05, 4.69) is 40.3 Å². The summed E-state index contributed by atoms with van der Waals surface area (Å²) in [5, 5.41) is 4.20. The van der Waals surface area contributed by atoms with Crippen LogP contribution in [0.15, 0.2) is 22.7 Å². The minimum absolute atomic E-state index is 0.368. The first-order valence-electron chi connectivity index (χ1n) is 6.31. The largest absolute Gasteiger partial charge is 0.313 e. The van der Waals surface area contributed by atoms with E-state index in [0.29, 0.717) is 6.04 Å². The first-order valence-corrected chi connectivity index (χ1v) is 7.48. The Kier molecular flexibility index (Phi) is 7.17. The normalized spacial score (nSPS) is 12.7. The molecule has 0 spiro atoms. The number of hydrogen-bond donors (Lipinski definition) is 1. The molecular formula is C14H21BrClN. The van der Waals surface area contributed by atoms with Crippen molar-refractivity contribution < 1.29 is 0 Å². The molecule has 0 amide bonds. The maximum absolute atomic E-state index is 6.27. The average molecular weight is 319 g/mol. The molecule has 0 aliphatic carbocycles. The van der Waals surface area contributed by atoms with Gasteiger partial charge in [0.15, 0.2) is 0 Å². The lowest BCUT2D eigenvalue weighted by molar-refractivity contribution is 0.505. The topological polar surface area (TPSA) is 12.0 Å². The van der Waals surface area contributed by atoms with Crippen molar-refractivity contribution in [2.75, 3.05) is 7.05 Å². The molecule has 0 aromatic heterocycles. The van der Waals surface area contributed by atoms with Crippen LogP contribution in [0.1, 0.15) is 50.6 Å². The molecule has 1 rings (SSSR count). The number of hydrogen-bond acceptors (Lipinski definition) is 1. The highest BCUT2D eigenvalue weighted by molar-refractivity contribution is 9.10. The van der Waals surface area contributed by atoms with Crippen molar-refractivity contribution >= 4 is 27.5 Å². The van der Waals surface area contributed by atoms with Crippen LogP contribution < -0.4 is 5.32 Å². The van der Waals surface area contributed by atoms with Gasteiger partial charge in [0, 0.05) is 15.5 Å². The van der Waals surface area contributed by atoms with Gasteiger partial charge in [-0.2, -0.15) is 0 Å². The van der Waals surface area contributed by atoms with Crippen LogP contribution in [0, 0.1) is 0 Å². The van der Waals surface area contributed by atoms with E-state index in [4.69, 9.17) is 11.6 Å². The van der Waals surface area contributed by atoms with Gasteiger partial charge in [0.2, 0.25) is 0 Å². The highest BCUT2D eigenvalue weighted by Crippen LogP contribution is 2.29. The molecule has 0 radical (unpaired) electrons. The van der Waals surface area contributed by atoms with Crippen LogP contribution in [0.4, 0.5) is 0 Å². The molecule has 0 aliphatic rings. The first-order chi connectivity index (χ1) is 8.19. The third-order valence-electron chi connectivity index (χ3n) is 3.03. The third-order valence-corrected chi connectivity index (χ3v) is 3.85. The summed E-state index contributed by atoms with van der Waals surface area (Å²) in [5.74, 6) is 0.